The summed E-state index contributed by atoms with van der Waals surface area (Å²) in [7, 11) is 1.28. The molecule has 0 aromatic rings. The van der Waals surface area contributed by atoms with Gasteiger partial charge in [0.1, 0.15) is 0 Å². The second kappa shape index (κ2) is 6.22. The lowest BCUT2D eigenvalue weighted by atomic mass is 9.95. The summed E-state index contributed by atoms with van der Waals surface area (Å²) < 4.78 is 4.38. The number of nitrogens with one attached hydrogen (secondary N) is 1. The molecule has 0 bridgehead atoms. The van der Waals surface area contributed by atoms with E-state index in [0.29, 0.717) is 0 Å². The van der Waals surface area contributed by atoms with Crippen LogP contribution in [0.15, 0.2) is 12.2 Å². The van der Waals surface area contributed by atoms with Crippen molar-refractivity contribution in [2.45, 2.75) is 38.1 Å². The predicted octanol–water partition coefficient (Wildman–Crippen LogP) is 1.16. The first-order valence-corrected chi connectivity index (χ1v) is 5.29. The summed E-state index contributed by atoms with van der Waals surface area (Å²) in [6, 6.07) is 0.272. The molecular weight excluding hydrogens is 194 g/mol. The maximum absolute atomic E-state index is 11.3. The number of methoxy groups -OCH3 is 1. The molecule has 0 aromatic heterocycles. The SMILES string of the molecule is COC(=O)/C=C\C(=O)NC1CCCCC1. The van der Waals surface area contributed by atoms with Gasteiger partial charge in [0.25, 0.3) is 0 Å². The molecule has 1 aliphatic rings. The van der Waals surface area contributed by atoms with Gasteiger partial charge in [-0.05, 0) is 12.8 Å². The minimum Gasteiger partial charge on any atom is -0.466 e. The minimum atomic E-state index is -0.506. The zero-order chi connectivity index (χ0) is 11.1. The third kappa shape index (κ3) is 4.63. The lowest BCUT2D eigenvalue weighted by Gasteiger charge is -2.21. The fourth-order valence-corrected chi connectivity index (χ4v) is 1.71. The van der Waals surface area contributed by atoms with Gasteiger partial charge in [0.15, 0.2) is 0 Å². The Hall–Kier alpha value is -1.32. The van der Waals surface area contributed by atoms with Crippen LogP contribution in [0.5, 0.6) is 0 Å². The highest BCUT2D eigenvalue weighted by molar-refractivity contribution is 5.94. The van der Waals surface area contributed by atoms with Crippen molar-refractivity contribution in [3.8, 4) is 0 Å². The molecular formula is C11H17NO3. The Bertz CT molecular complexity index is 255. The standard InChI is InChI=1S/C11H17NO3/c1-15-11(14)8-7-10(13)12-9-5-3-2-4-6-9/h7-9H,2-6H2,1H3,(H,12,13)/b8-7-. The van der Waals surface area contributed by atoms with Crippen molar-refractivity contribution in [1.29, 1.82) is 0 Å². The van der Waals surface area contributed by atoms with E-state index in [1.54, 1.807) is 0 Å². The molecule has 0 spiro atoms. The molecule has 1 aliphatic carbocycles. The topological polar surface area (TPSA) is 55.4 Å². The van der Waals surface area contributed by atoms with Gasteiger partial charge in [-0.1, -0.05) is 19.3 Å². The summed E-state index contributed by atoms with van der Waals surface area (Å²) in [4.78, 5) is 22.0. The highest BCUT2D eigenvalue weighted by atomic mass is 16.5. The summed E-state index contributed by atoms with van der Waals surface area (Å²) in [5, 5.41) is 2.86. The van der Waals surface area contributed by atoms with Gasteiger partial charge in [0.2, 0.25) is 5.91 Å². The number of hydrogen-bond acceptors (Lipinski definition) is 3. The normalized spacial score (nSPS) is 17.7. The van der Waals surface area contributed by atoms with Crippen LogP contribution in [0.2, 0.25) is 0 Å². The largest absolute Gasteiger partial charge is 0.466 e. The lowest BCUT2D eigenvalue weighted by Crippen LogP contribution is -2.35. The fraction of sp³-hybridized carbons (Fsp3) is 0.636. The molecule has 1 rings (SSSR count). The maximum Gasteiger partial charge on any atom is 0.330 e. The first-order valence-electron chi connectivity index (χ1n) is 5.29. The van der Waals surface area contributed by atoms with Crippen LogP contribution in [-0.2, 0) is 14.3 Å². The number of carbonyl (C=O) groups excluding carboxylic acids is 2. The van der Waals surface area contributed by atoms with E-state index >= 15 is 0 Å². The lowest BCUT2D eigenvalue weighted by molar-refractivity contribution is -0.135. The van der Waals surface area contributed by atoms with E-state index in [0.717, 1.165) is 18.9 Å². The molecule has 1 saturated carbocycles. The van der Waals surface area contributed by atoms with Gasteiger partial charge in [-0.2, -0.15) is 0 Å². The molecule has 0 aliphatic heterocycles. The highest BCUT2D eigenvalue weighted by Gasteiger charge is 2.14. The molecule has 1 N–H and O–H groups in total. The maximum atomic E-state index is 11.3. The molecule has 15 heavy (non-hydrogen) atoms. The van der Waals surface area contributed by atoms with Gasteiger partial charge in [0.05, 0.1) is 7.11 Å². The number of amides is 1. The quantitative estimate of drug-likeness (QED) is 0.563. The summed E-state index contributed by atoms with van der Waals surface area (Å²) in [5.74, 6) is -0.721. The minimum absolute atomic E-state index is 0.215. The van der Waals surface area contributed by atoms with Gasteiger partial charge < -0.3 is 10.1 Å². The molecule has 0 saturated heterocycles. The van der Waals surface area contributed by atoms with E-state index in [-0.39, 0.29) is 11.9 Å². The van der Waals surface area contributed by atoms with Crippen LogP contribution >= 0.6 is 0 Å². The van der Waals surface area contributed by atoms with Crippen LogP contribution in [-0.4, -0.2) is 25.0 Å². The second-order valence-corrected chi connectivity index (χ2v) is 3.70. The van der Waals surface area contributed by atoms with Crippen molar-refractivity contribution < 1.29 is 14.3 Å². The summed E-state index contributed by atoms with van der Waals surface area (Å²) in [6.45, 7) is 0. The van der Waals surface area contributed by atoms with Gasteiger partial charge in [-0.3, -0.25) is 4.79 Å². The zero-order valence-electron chi connectivity index (χ0n) is 8.99. The molecule has 84 valence electrons. The second-order valence-electron chi connectivity index (χ2n) is 3.70. The average molecular weight is 211 g/mol. The van der Waals surface area contributed by atoms with Crippen LogP contribution in [0.3, 0.4) is 0 Å². The van der Waals surface area contributed by atoms with Crippen molar-refractivity contribution in [3.05, 3.63) is 12.2 Å². The van der Waals surface area contributed by atoms with E-state index in [2.05, 4.69) is 10.1 Å². The number of rotatable bonds is 3. The molecule has 0 radical (unpaired) electrons. The van der Waals surface area contributed by atoms with E-state index in [1.807, 2.05) is 0 Å². The van der Waals surface area contributed by atoms with E-state index < -0.39 is 5.97 Å². The Balaban J connectivity index is 2.28. The van der Waals surface area contributed by atoms with E-state index in [9.17, 15) is 9.59 Å². The first-order chi connectivity index (χ1) is 7.22. The van der Waals surface area contributed by atoms with Crippen LogP contribution in [0.25, 0.3) is 0 Å². The van der Waals surface area contributed by atoms with Gasteiger partial charge >= 0.3 is 5.97 Å². The third-order valence-corrected chi connectivity index (χ3v) is 2.52. The summed E-state index contributed by atoms with van der Waals surface area (Å²) in [5.41, 5.74) is 0. The Morgan fingerprint density at radius 2 is 1.87 bits per heavy atom. The summed E-state index contributed by atoms with van der Waals surface area (Å²) >= 11 is 0. The van der Waals surface area contributed by atoms with Crippen molar-refractivity contribution in [2.24, 2.45) is 0 Å². The fourth-order valence-electron chi connectivity index (χ4n) is 1.71. The number of hydrogen-bond donors (Lipinski definition) is 1. The number of esters is 1. The van der Waals surface area contributed by atoms with Crippen LogP contribution < -0.4 is 5.32 Å². The van der Waals surface area contributed by atoms with Gasteiger partial charge in [0, 0.05) is 18.2 Å². The smallest absolute Gasteiger partial charge is 0.330 e. The Labute approximate surface area is 89.7 Å². The van der Waals surface area contributed by atoms with Crippen LogP contribution in [0.4, 0.5) is 0 Å². The monoisotopic (exact) mass is 211 g/mol. The number of carbonyl (C=O) groups is 2. The molecule has 0 atom stereocenters. The Kier molecular flexibility index (Phi) is 4.87. The van der Waals surface area contributed by atoms with E-state index in [4.69, 9.17) is 0 Å². The average Bonchev–Trinajstić information content (AvgIpc) is 2.27. The Morgan fingerprint density at radius 1 is 1.20 bits per heavy atom. The van der Waals surface area contributed by atoms with Crippen LogP contribution in [0, 0.1) is 0 Å². The summed E-state index contributed by atoms with van der Waals surface area (Å²) in [6.07, 6.45) is 8.04. The highest BCUT2D eigenvalue weighted by Crippen LogP contribution is 2.17. The Morgan fingerprint density at radius 3 is 2.47 bits per heavy atom. The molecule has 1 amide bonds. The number of ether oxygens (including phenoxy) is 1. The third-order valence-electron chi connectivity index (χ3n) is 2.52. The van der Waals surface area contributed by atoms with Crippen molar-refractivity contribution >= 4 is 11.9 Å². The molecule has 0 aromatic carbocycles. The molecule has 4 nitrogen and oxygen atoms in total. The first kappa shape index (κ1) is 11.8. The zero-order valence-corrected chi connectivity index (χ0v) is 8.99. The van der Waals surface area contributed by atoms with Gasteiger partial charge in [-0.25, -0.2) is 4.79 Å². The molecule has 1 fully saturated rings. The van der Waals surface area contributed by atoms with Crippen molar-refractivity contribution in [3.63, 3.8) is 0 Å². The van der Waals surface area contributed by atoms with Crippen molar-refractivity contribution in [1.82, 2.24) is 5.32 Å². The molecule has 0 heterocycles. The molecule has 4 heteroatoms. The van der Waals surface area contributed by atoms with Crippen molar-refractivity contribution in [2.75, 3.05) is 7.11 Å². The predicted molar refractivity (Wildman–Crippen MR) is 56.2 cm³/mol. The molecule has 0 unspecified atom stereocenters. The van der Waals surface area contributed by atoms with Gasteiger partial charge in [-0.15, -0.1) is 0 Å². The van der Waals surface area contributed by atoms with Crippen LogP contribution in [0.1, 0.15) is 32.1 Å². The van der Waals surface area contributed by atoms with E-state index in [1.165, 1.54) is 32.4 Å².